The van der Waals surface area contributed by atoms with Crippen molar-refractivity contribution in [1.82, 2.24) is 10.2 Å². The fourth-order valence-electron chi connectivity index (χ4n) is 4.00. The Labute approximate surface area is 145 Å². The molecule has 1 saturated heterocycles. The van der Waals surface area contributed by atoms with E-state index in [0.29, 0.717) is 5.92 Å². The molecule has 4 nitrogen and oxygen atoms in total. The van der Waals surface area contributed by atoms with Crippen LogP contribution >= 0.6 is 0 Å². The first-order valence-electron chi connectivity index (χ1n) is 9.34. The molecule has 1 amide bonds. The summed E-state index contributed by atoms with van der Waals surface area (Å²) >= 11 is 0. The Bertz CT molecular complexity index is 565. The molecule has 0 unspecified atom stereocenters. The summed E-state index contributed by atoms with van der Waals surface area (Å²) in [6.45, 7) is 6.94. The van der Waals surface area contributed by atoms with Crippen molar-refractivity contribution in [3.63, 3.8) is 0 Å². The normalized spacial score (nSPS) is 25.0. The molecular formula is C20H30N2O2. The molecule has 1 aromatic carbocycles. The second-order valence-corrected chi connectivity index (χ2v) is 7.70. The highest BCUT2D eigenvalue weighted by Gasteiger charge is 2.37. The molecule has 0 radical (unpaired) electrons. The zero-order chi connectivity index (χ0) is 17.1. The topological polar surface area (TPSA) is 52.6 Å². The molecule has 0 saturated carbocycles. The van der Waals surface area contributed by atoms with Gasteiger partial charge in [-0.25, -0.2) is 0 Å². The monoisotopic (exact) mass is 330 g/mol. The summed E-state index contributed by atoms with van der Waals surface area (Å²) in [5.41, 5.74) is 2.35. The second kappa shape index (κ2) is 7.66. The van der Waals surface area contributed by atoms with E-state index in [0.717, 1.165) is 50.9 Å². The van der Waals surface area contributed by atoms with E-state index in [2.05, 4.69) is 30.1 Å². The van der Waals surface area contributed by atoms with Crippen LogP contribution in [0.15, 0.2) is 24.3 Å². The minimum absolute atomic E-state index is 0.134. The highest BCUT2D eigenvalue weighted by atomic mass is 16.3. The zero-order valence-electron chi connectivity index (χ0n) is 14.9. The molecule has 1 aromatic rings. The van der Waals surface area contributed by atoms with Crippen LogP contribution in [-0.4, -0.2) is 41.6 Å². The lowest BCUT2D eigenvalue weighted by Crippen LogP contribution is -2.46. The van der Waals surface area contributed by atoms with Crippen molar-refractivity contribution < 1.29 is 9.90 Å². The fraction of sp³-hybridized carbons (Fsp3) is 0.650. The minimum Gasteiger partial charge on any atom is -0.387 e. The lowest BCUT2D eigenvalue weighted by Gasteiger charge is -2.36. The van der Waals surface area contributed by atoms with Gasteiger partial charge in [-0.1, -0.05) is 38.1 Å². The van der Waals surface area contributed by atoms with Gasteiger partial charge in [0.2, 0.25) is 5.91 Å². The van der Waals surface area contributed by atoms with Crippen molar-refractivity contribution in [2.24, 2.45) is 11.8 Å². The van der Waals surface area contributed by atoms with Gasteiger partial charge in [-0.15, -0.1) is 0 Å². The molecule has 2 atom stereocenters. The van der Waals surface area contributed by atoms with E-state index in [-0.39, 0.29) is 17.9 Å². The highest BCUT2D eigenvalue weighted by molar-refractivity contribution is 5.78. The Balaban J connectivity index is 1.48. The number of likely N-dealkylation sites (tertiary alicyclic amines) is 1. The number of hydrogen-bond donors (Lipinski definition) is 2. The summed E-state index contributed by atoms with van der Waals surface area (Å²) < 4.78 is 0. The summed E-state index contributed by atoms with van der Waals surface area (Å²) in [7, 11) is 0. The van der Waals surface area contributed by atoms with Gasteiger partial charge < -0.3 is 10.4 Å². The number of aliphatic hydroxyl groups is 1. The van der Waals surface area contributed by atoms with Crippen LogP contribution in [0.2, 0.25) is 0 Å². The Morgan fingerprint density at radius 1 is 1.29 bits per heavy atom. The predicted molar refractivity (Wildman–Crippen MR) is 95.7 cm³/mol. The summed E-state index contributed by atoms with van der Waals surface area (Å²) in [5, 5.41) is 13.7. The number of nitrogens with zero attached hydrogens (tertiary/aromatic N) is 1. The smallest absolute Gasteiger partial charge is 0.223 e. The second-order valence-electron chi connectivity index (χ2n) is 7.70. The number of hydrogen-bond acceptors (Lipinski definition) is 3. The highest BCUT2D eigenvalue weighted by Crippen LogP contribution is 2.35. The Morgan fingerprint density at radius 2 is 2.00 bits per heavy atom. The maximum absolute atomic E-state index is 12.3. The summed E-state index contributed by atoms with van der Waals surface area (Å²) in [4.78, 5) is 14.6. The van der Waals surface area contributed by atoms with Crippen molar-refractivity contribution in [2.75, 3.05) is 19.6 Å². The van der Waals surface area contributed by atoms with E-state index >= 15 is 0 Å². The van der Waals surface area contributed by atoms with Gasteiger partial charge in [0.05, 0.1) is 6.10 Å². The molecular weight excluding hydrogens is 300 g/mol. The van der Waals surface area contributed by atoms with Gasteiger partial charge in [-0.2, -0.15) is 0 Å². The minimum atomic E-state index is -0.391. The maximum atomic E-state index is 12.3. The molecule has 1 aliphatic heterocycles. The molecule has 24 heavy (non-hydrogen) atoms. The molecule has 132 valence electrons. The van der Waals surface area contributed by atoms with Gasteiger partial charge in [0.1, 0.15) is 0 Å². The van der Waals surface area contributed by atoms with Crippen LogP contribution in [0.5, 0.6) is 0 Å². The van der Waals surface area contributed by atoms with Crippen molar-refractivity contribution in [1.29, 1.82) is 0 Å². The van der Waals surface area contributed by atoms with E-state index in [1.807, 2.05) is 18.2 Å². The Kier molecular flexibility index (Phi) is 5.57. The van der Waals surface area contributed by atoms with Crippen LogP contribution in [-0.2, 0) is 11.2 Å². The third-order valence-corrected chi connectivity index (χ3v) is 5.56. The van der Waals surface area contributed by atoms with Crippen LogP contribution in [0.25, 0.3) is 0 Å². The number of benzene rings is 1. The Hall–Kier alpha value is -1.39. The SMILES string of the molecule is CC(C)CCNC(=O)C1CCN([C@@H]2Cc3ccccc3[C@@H]2O)CC1. The molecule has 1 fully saturated rings. The van der Waals surface area contributed by atoms with Gasteiger partial charge in [-0.3, -0.25) is 9.69 Å². The van der Waals surface area contributed by atoms with E-state index in [1.165, 1.54) is 5.56 Å². The van der Waals surface area contributed by atoms with Crippen LogP contribution in [0, 0.1) is 11.8 Å². The lowest BCUT2D eigenvalue weighted by atomic mass is 9.94. The molecule has 1 aliphatic carbocycles. The van der Waals surface area contributed by atoms with Gasteiger partial charge in [-0.05, 0) is 55.8 Å². The average Bonchev–Trinajstić information content (AvgIpc) is 2.92. The van der Waals surface area contributed by atoms with Gasteiger partial charge in [0.25, 0.3) is 0 Å². The maximum Gasteiger partial charge on any atom is 0.223 e. The third kappa shape index (κ3) is 3.81. The standard InChI is InChI=1S/C20H30N2O2/c1-14(2)7-10-21-20(24)15-8-11-22(12-9-15)18-13-16-5-3-4-6-17(16)19(18)23/h3-6,14-15,18-19,23H,7-13H2,1-2H3,(H,21,24)/t18-,19+/m1/s1. The molecule has 0 bridgehead atoms. The predicted octanol–water partition coefficient (Wildman–Crippen LogP) is 2.52. The molecule has 0 aromatic heterocycles. The summed E-state index contributed by atoms with van der Waals surface area (Å²) in [6.07, 6.45) is 3.36. The van der Waals surface area contributed by atoms with Crippen molar-refractivity contribution in [3.05, 3.63) is 35.4 Å². The quantitative estimate of drug-likeness (QED) is 0.872. The molecule has 1 heterocycles. The number of nitrogens with one attached hydrogen (secondary N) is 1. The van der Waals surface area contributed by atoms with Crippen molar-refractivity contribution >= 4 is 5.91 Å². The number of carbonyl (C=O) groups excluding carboxylic acids is 1. The number of piperidine rings is 1. The van der Waals surface area contributed by atoms with Crippen molar-refractivity contribution in [3.8, 4) is 0 Å². The Morgan fingerprint density at radius 3 is 2.67 bits per heavy atom. The van der Waals surface area contributed by atoms with Crippen molar-refractivity contribution in [2.45, 2.75) is 51.7 Å². The number of aliphatic hydroxyl groups excluding tert-OH is 1. The van der Waals surface area contributed by atoms with Gasteiger partial charge in [0.15, 0.2) is 0 Å². The van der Waals surface area contributed by atoms with Crippen LogP contribution in [0.3, 0.4) is 0 Å². The number of carbonyl (C=O) groups is 1. The first kappa shape index (κ1) is 17.4. The molecule has 4 heteroatoms. The fourth-order valence-corrected chi connectivity index (χ4v) is 4.00. The lowest BCUT2D eigenvalue weighted by molar-refractivity contribution is -0.126. The van der Waals surface area contributed by atoms with Crippen LogP contribution in [0.1, 0.15) is 50.3 Å². The van der Waals surface area contributed by atoms with Crippen LogP contribution < -0.4 is 5.32 Å². The molecule has 2 N–H and O–H groups in total. The molecule has 2 aliphatic rings. The number of fused-ring (bicyclic) bond motifs is 1. The number of rotatable bonds is 5. The largest absolute Gasteiger partial charge is 0.387 e. The number of amides is 1. The van der Waals surface area contributed by atoms with E-state index in [4.69, 9.17) is 0 Å². The van der Waals surface area contributed by atoms with E-state index in [9.17, 15) is 9.90 Å². The first-order chi connectivity index (χ1) is 11.6. The summed E-state index contributed by atoms with van der Waals surface area (Å²) in [5.74, 6) is 0.970. The van der Waals surface area contributed by atoms with Crippen LogP contribution in [0.4, 0.5) is 0 Å². The molecule has 3 rings (SSSR count). The first-order valence-corrected chi connectivity index (χ1v) is 9.34. The van der Waals surface area contributed by atoms with E-state index in [1.54, 1.807) is 0 Å². The summed E-state index contributed by atoms with van der Waals surface area (Å²) in [6, 6.07) is 8.37. The van der Waals surface area contributed by atoms with Gasteiger partial charge in [0, 0.05) is 18.5 Å². The van der Waals surface area contributed by atoms with E-state index < -0.39 is 6.10 Å². The van der Waals surface area contributed by atoms with Gasteiger partial charge >= 0.3 is 0 Å². The average molecular weight is 330 g/mol. The zero-order valence-corrected chi connectivity index (χ0v) is 14.9. The molecule has 0 spiro atoms. The third-order valence-electron chi connectivity index (χ3n) is 5.56.